The van der Waals surface area contributed by atoms with Crippen LogP contribution in [0.15, 0.2) is 67.0 Å². The lowest BCUT2D eigenvalue weighted by atomic mass is 10.1. The number of nitrogens with zero attached hydrogens (tertiary/aromatic N) is 2. The molecule has 0 saturated carbocycles. The molecule has 29 heavy (non-hydrogen) atoms. The Labute approximate surface area is 169 Å². The van der Waals surface area contributed by atoms with Gasteiger partial charge in [0.25, 0.3) is 0 Å². The topological polar surface area (TPSA) is 52.5 Å². The number of anilines is 1. The molecule has 0 bridgehead atoms. The first kappa shape index (κ1) is 18.7. The largest absolute Gasteiger partial charge is 0.490 e. The Morgan fingerprint density at radius 1 is 1.03 bits per heavy atom. The molecule has 4 rings (SSSR count). The number of rotatable bonds is 6. The van der Waals surface area contributed by atoms with Crippen molar-refractivity contribution in [3.8, 4) is 17.0 Å². The number of hydrogen-bond donors (Lipinski definition) is 1. The third kappa shape index (κ3) is 4.29. The molecule has 0 fully saturated rings. The van der Waals surface area contributed by atoms with E-state index in [1.165, 1.54) is 5.56 Å². The second-order valence-electron chi connectivity index (χ2n) is 6.89. The summed E-state index contributed by atoms with van der Waals surface area (Å²) < 4.78 is 19.9. The Morgan fingerprint density at radius 3 is 2.66 bits per heavy atom. The van der Waals surface area contributed by atoms with Crippen molar-refractivity contribution in [2.24, 2.45) is 0 Å². The summed E-state index contributed by atoms with van der Waals surface area (Å²) in [5.41, 5.74) is 12.4. The molecule has 0 unspecified atom stereocenters. The summed E-state index contributed by atoms with van der Waals surface area (Å²) in [6.45, 7) is 1.54. The first-order valence-corrected chi connectivity index (χ1v) is 9.44. The fraction of sp³-hybridized carbons (Fsp3) is 0.125. The standard InChI is InChI=1S/C24H22FN3O/c1-17-2-11-24-27-22(16-28(24)15-17)19-6-3-18(4-7-19)5-8-20-9-10-21(26)14-23(20)29-13-12-25/h2-11,14-16H,12-13,26H2,1H3/b8-5+. The SMILES string of the molecule is Cc1ccc2nc(-c3ccc(/C=C/c4ccc(N)cc4OCCF)cc3)cn2c1. The van der Waals surface area contributed by atoms with Crippen LogP contribution in [0, 0.1) is 6.92 Å². The minimum Gasteiger partial charge on any atom is -0.490 e. The van der Waals surface area contributed by atoms with E-state index in [4.69, 9.17) is 10.5 Å². The number of nitrogen functional groups attached to an aromatic ring is 1. The Hall–Kier alpha value is -3.60. The minimum absolute atomic E-state index is 0.0114. The molecule has 5 heteroatoms. The summed E-state index contributed by atoms with van der Waals surface area (Å²) in [5, 5.41) is 0. The molecule has 0 aliphatic heterocycles. The molecule has 2 heterocycles. The fourth-order valence-electron chi connectivity index (χ4n) is 3.16. The lowest BCUT2D eigenvalue weighted by Crippen LogP contribution is -2.00. The molecule has 4 nitrogen and oxygen atoms in total. The summed E-state index contributed by atoms with van der Waals surface area (Å²) in [7, 11) is 0. The van der Waals surface area contributed by atoms with E-state index in [0.29, 0.717) is 11.4 Å². The number of fused-ring (bicyclic) bond motifs is 1. The summed E-state index contributed by atoms with van der Waals surface area (Å²) in [5.74, 6) is 0.579. The van der Waals surface area contributed by atoms with Crippen LogP contribution in [0.2, 0.25) is 0 Å². The first-order chi connectivity index (χ1) is 14.1. The number of nitrogens with two attached hydrogens (primary N) is 1. The molecule has 4 aromatic rings. The van der Waals surface area contributed by atoms with Crippen molar-refractivity contribution in [1.82, 2.24) is 9.38 Å². The summed E-state index contributed by atoms with van der Waals surface area (Å²) in [6, 6.07) is 17.6. The predicted molar refractivity (Wildman–Crippen MR) is 117 cm³/mol. The smallest absolute Gasteiger partial charge is 0.137 e. The number of halogens is 1. The highest BCUT2D eigenvalue weighted by atomic mass is 19.1. The Balaban J connectivity index is 1.55. The number of ether oxygens (including phenoxy) is 1. The maximum Gasteiger partial charge on any atom is 0.137 e. The quantitative estimate of drug-likeness (QED) is 0.355. The van der Waals surface area contributed by atoms with Gasteiger partial charge < -0.3 is 14.9 Å². The van der Waals surface area contributed by atoms with E-state index in [1.807, 2.05) is 47.0 Å². The van der Waals surface area contributed by atoms with Crippen molar-refractivity contribution in [2.75, 3.05) is 19.0 Å². The van der Waals surface area contributed by atoms with Gasteiger partial charge in [-0.2, -0.15) is 0 Å². The van der Waals surface area contributed by atoms with E-state index in [-0.39, 0.29) is 6.61 Å². The van der Waals surface area contributed by atoms with Crippen LogP contribution in [0.1, 0.15) is 16.7 Å². The number of hydrogen-bond acceptors (Lipinski definition) is 3. The van der Waals surface area contributed by atoms with Crippen LogP contribution in [0.25, 0.3) is 29.1 Å². The zero-order valence-corrected chi connectivity index (χ0v) is 16.2. The van der Waals surface area contributed by atoms with Crippen LogP contribution >= 0.6 is 0 Å². The van der Waals surface area contributed by atoms with E-state index >= 15 is 0 Å². The van der Waals surface area contributed by atoms with Crippen LogP contribution in [0.5, 0.6) is 5.75 Å². The van der Waals surface area contributed by atoms with Gasteiger partial charge in [0.1, 0.15) is 24.7 Å². The number of benzene rings is 2. The Morgan fingerprint density at radius 2 is 1.86 bits per heavy atom. The average molecular weight is 387 g/mol. The fourth-order valence-corrected chi connectivity index (χ4v) is 3.16. The van der Waals surface area contributed by atoms with Gasteiger partial charge in [-0.05, 0) is 36.2 Å². The van der Waals surface area contributed by atoms with Crippen molar-refractivity contribution < 1.29 is 9.13 Å². The van der Waals surface area contributed by atoms with Gasteiger partial charge in [-0.1, -0.05) is 42.5 Å². The van der Waals surface area contributed by atoms with Gasteiger partial charge in [-0.3, -0.25) is 0 Å². The van der Waals surface area contributed by atoms with E-state index in [9.17, 15) is 4.39 Å². The highest BCUT2D eigenvalue weighted by Crippen LogP contribution is 2.25. The van der Waals surface area contributed by atoms with Gasteiger partial charge in [0, 0.05) is 35.3 Å². The van der Waals surface area contributed by atoms with Crippen LogP contribution < -0.4 is 10.5 Å². The van der Waals surface area contributed by atoms with Crippen LogP contribution in [0.3, 0.4) is 0 Å². The van der Waals surface area contributed by atoms with Gasteiger partial charge >= 0.3 is 0 Å². The van der Waals surface area contributed by atoms with E-state index < -0.39 is 6.67 Å². The number of imidazole rings is 1. The van der Waals surface area contributed by atoms with Crippen LogP contribution in [-0.4, -0.2) is 22.7 Å². The van der Waals surface area contributed by atoms with Gasteiger partial charge in [-0.15, -0.1) is 0 Å². The third-order valence-corrected chi connectivity index (χ3v) is 4.63. The molecule has 2 aromatic heterocycles. The van der Waals surface area contributed by atoms with Crippen molar-refractivity contribution in [2.45, 2.75) is 6.92 Å². The molecule has 0 amide bonds. The number of pyridine rings is 1. The molecule has 0 aliphatic carbocycles. The maximum absolute atomic E-state index is 12.4. The number of aromatic nitrogens is 2. The Bertz CT molecular complexity index is 1160. The zero-order chi connectivity index (χ0) is 20.2. The zero-order valence-electron chi connectivity index (χ0n) is 16.2. The number of alkyl halides is 1. The summed E-state index contributed by atoms with van der Waals surface area (Å²) in [4.78, 5) is 4.68. The molecule has 0 aliphatic rings. The molecule has 2 aromatic carbocycles. The van der Waals surface area contributed by atoms with E-state index in [0.717, 1.165) is 28.0 Å². The third-order valence-electron chi connectivity index (χ3n) is 4.63. The molecular formula is C24H22FN3O. The van der Waals surface area contributed by atoms with Crippen LogP contribution in [-0.2, 0) is 0 Å². The molecule has 0 spiro atoms. The highest BCUT2D eigenvalue weighted by Gasteiger charge is 2.05. The molecule has 0 radical (unpaired) electrons. The summed E-state index contributed by atoms with van der Waals surface area (Å²) >= 11 is 0. The van der Waals surface area contributed by atoms with Gasteiger partial charge in [0.2, 0.25) is 0 Å². The highest BCUT2D eigenvalue weighted by molar-refractivity contribution is 5.75. The van der Waals surface area contributed by atoms with Gasteiger partial charge in [0.15, 0.2) is 0 Å². The molecule has 0 saturated heterocycles. The van der Waals surface area contributed by atoms with E-state index in [2.05, 4.69) is 36.3 Å². The van der Waals surface area contributed by atoms with Crippen molar-refractivity contribution in [1.29, 1.82) is 0 Å². The molecule has 2 N–H and O–H groups in total. The second-order valence-corrected chi connectivity index (χ2v) is 6.89. The van der Waals surface area contributed by atoms with Gasteiger partial charge in [0.05, 0.1) is 5.69 Å². The predicted octanol–water partition coefficient (Wildman–Crippen LogP) is 5.41. The molecule has 0 atom stereocenters. The number of aryl methyl sites for hydroxylation is 1. The monoisotopic (exact) mass is 387 g/mol. The lowest BCUT2D eigenvalue weighted by Gasteiger charge is -2.08. The van der Waals surface area contributed by atoms with Crippen molar-refractivity contribution in [3.63, 3.8) is 0 Å². The van der Waals surface area contributed by atoms with Crippen molar-refractivity contribution >= 4 is 23.5 Å². The molecular weight excluding hydrogens is 365 g/mol. The van der Waals surface area contributed by atoms with Gasteiger partial charge in [-0.25, -0.2) is 9.37 Å². The lowest BCUT2D eigenvalue weighted by molar-refractivity contribution is 0.273. The maximum atomic E-state index is 12.4. The average Bonchev–Trinajstić information content (AvgIpc) is 3.15. The van der Waals surface area contributed by atoms with Crippen molar-refractivity contribution in [3.05, 3.63) is 83.7 Å². The van der Waals surface area contributed by atoms with E-state index in [1.54, 1.807) is 12.1 Å². The van der Waals surface area contributed by atoms with Crippen LogP contribution in [0.4, 0.5) is 10.1 Å². The second kappa shape index (κ2) is 8.19. The summed E-state index contributed by atoms with van der Waals surface area (Å²) in [6.07, 6.45) is 8.04. The Kier molecular flexibility index (Phi) is 5.29. The minimum atomic E-state index is -0.540. The first-order valence-electron chi connectivity index (χ1n) is 9.44. The molecule has 146 valence electrons. The normalized spacial score (nSPS) is 11.4.